The average molecular weight is 252 g/mol. The van der Waals surface area contributed by atoms with Crippen LogP contribution in [0, 0.1) is 0 Å². The zero-order valence-electron chi connectivity index (χ0n) is 9.45. The van der Waals surface area contributed by atoms with Crippen molar-refractivity contribution < 1.29 is 9.90 Å². The van der Waals surface area contributed by atoms with E-state index < -0.39 is 5.97 Å². The molecule has 1 aliphatic heterocycles. The number of fused-ring (bicyclic) bond motifs is 1. The van der Waals surface area contributed by atoms with Gasteiger partial charge in [-0.25, -0.2) is 4.79 Å². The maximum absolute atomic E-state index is 11.1. The zero-order chi connectivity index (χ0) is 12.4. The third-order valence-electron chi connectivity index (χ3n) is 2.97. The molecule has 1 heterocycles. The Labute approximate surface area is 105 Å². The van der Waals surface area contributed by atoms with Gasteiger partial charge in [0.05, 0.1) is 5.56 Å². The Hall–Kier alpha value is -1.32. The first-order chi connectivity index (χ1) is 8.08. The molecule has 1 aromatic rings. The van der Waals surface area contributed by atoms with Gasteiger partial charge in [0.1, 0.15) is 0 Å². The van der Waals surface area contributed by atoms with Crippen molar-refractivity contribution in [3.8, 4) is 0 Å². The van der Waals surface area contributed by atoms with Gasteiger partial charge in [-0.3, -0.25) is 4.90 Å². The molecule has 4 heteroatoms. The molecule has 3 nitrogen and oxygen atoms in total. The second-order valence-electron chi connectivity index (χ2n) is 4.23. The minimum Gasteiger partial charge on any atom is -0.478 e. The second-order valence-corrected chi connectivity index (χ2v) is 4.76. The van der Waals surface area contributed by atoms with E-state index in [9.17, 15) is 4.79 Å². The van der Waals surface area contributed by atoms with Crippen molar-refractivity contribution in [2.45, 2.75) is 13.0 Å². The van der Waals surface area contributed by atoms with Crippen molar-refractivity contribution in [1.29, 1.82) is 0 Å². The highest BCUT2D eigenvalue weighted by Crippen LogP contribution is 2.23. The van der Waals surface area contributed by atoms with Crippen LogP contribution in [0.3, 0.4) is 0 Å². The Morgan fingerprint density at radius 1 is 1.53 bits per heavy atom. The summed E-state index contributed by atoms with van der Waals surface area (Å²) in [5, 5.41) is 9.72. The van der Waals surface area contributed by atoms with Crippen LogP contribution in [0.2, 0.25) is 0 Å². The molecule has 1 N–H and O–H groups in total. The van der Waals surface area contributed by atoms with E-state index in [0.29, 0.717) is 17.1 Å². The molecule has 17 heavy (non-hydrogen) atoms. The topological polar surface area (TPSA) is 40.5 Å². The molecule has 1 aromatic carbocycles. The van der Waals surface area contributed by atoms with E-state index in [0.717, 1.165) is 30.6 Å². The summed E-state index contributed by atoms with van der Waals surface area (Å²) in [6.07, 6.45) is 0.752. The monoisotopic (exact) mass is 251 g/mol. The largest absolute Gasteiger partial charge is 0.478 e. The van der Waals surface area contributed by atoms with Gasteiger partial charge < -0.3 is 5.11 Å². The van der Waals surface area contributed by atoms with Crippen molar-refractivity contribution in [3.63, 3.8) is 0 Å². The van der Waals surface area contributed by atoms with Gasteiger partial charge >= 0.3 is 5.97 Å². The summed E-state index contributed by atoms with van der Waals surface area (Å²) in [6, 6.07) is 5.43. The lowest BCUT2D eigenvalue weighted by Crippen LogP contribution is -2.32. The van der Waals surface area contributed by atoms with Crippen LogP contribution >= 0.6 is 11.6 Å². The number of rotatable bonds is 3. The third-order valence-corrected chi connectivity index (χ3v) is 3.09. The molecule has 0 fully saturated rings. The minimum absolute atomic E-state index is 0.423. The second kappa shape index (κ2) is 4.90. The first kappa shape index (κ1) is 12.1. The first-order valence-corrected chi connectivity index (χ1v) is 5.85. The van der Waals surface area contributed by atoms with Crippen molar-refractivity contribution in [2.24, 2.45) is 0 Å². The van der Waals surface area contributed by atoms with Gasteiger partial charge in [0, 0.05) is 24.7 Å². The molecular weight excluding hydrogens is 238 g/mol. The van der Waals surface area contributed by atoms with E-state index in [1.165, 1.54) is 0 Å². The standard InChI is InChI=1S/C13H14ClNO2/c1-9(14)7-15-6-5-11-10(8-15)3-2-4-12(11)13(16)17/h2-4H,1,5-8H2,(H,16,17). The predicted octanol–water partition coefficient (Wildman–Crippen LogP) is 2.50. The lowest BCUT2D eigenvalue weighted by Gasteiger charge is -2.29. The van der Waals surface area contributed by atoms with Crippen LogP contribution in [-0.2, 0) is 13.0 Å². The third kappa shape index (κ3) is 2.68. The van der Waals surface area contributed by atoms with Gasteiger partial charge in [-0.05, 0) is 23.6 Å². The number of hydrogen-bond donors (Lipinski definition) is 1. The number of hydrogen-bond acceptors (Lipinski definition) is 2. The predicted molar refractivity (Wildman–Crippen MR) is 67.4 cm³/mol. The number of benzene rings is 1. The smallest absolute Gasteiger partial charge is 0.335 e. The van der Waals surface area contributed by atoms with E-state index in [-0.39, 0.29) is 0 Å². The maximum atomic E-state index is 11.1. The van der Waals surface area contributed by atoms with Crippen molar-refractivity contribution >= 4 is 17.6 Å². The number of aromatic carboxylic acids is 1. The van der Waals surface area contributed by atoms with Crippen LogP contribution in [0.25, 0.3) is 0 Å². The number of carbonyl (C=O) groups is 1. The van der Waals surface area contributed by atoms with E-state index in [1.807, 2.05) is 6.07 Å². The van der Waals surface area contributed by atoms with E-state index in [2.05, 4.69) is 11.5 Å². The summed E-state index contributed by atoms with van der Waals surface area (Å²) in [4.78, 5) is 13.3. The average Bonchev–Trinajstić information content (AvgIpc) is 2.26. The Balaban J connectivity index is 2.25. The van der Waals surface area contributed by atoms with Crippen molar-refractivity contribution in [3.05, 3.63) is 46.5 Å². The molecular formula is C13H14ClNO2. The molecule has 0 saturated heterocycles. The highest BCUT2D eigenvalue weighted by Gasteiger charge is 2.20. The molecule has 90 valence electrons. The fraction of sp³-hybridized carbons (Fsp3) is 0.308. The van der Waals surface area contributed by atoms with Crippen molar-refractivity contribution in [1.82, 2.24) is 4.90 Å². The first-order valence-electron chi connectivity index (χ1n) is 5.47. The molecule has 0 radical (unpaired) electrons. The molecule has 0 saturated carbocycles. The van der Waals surface area contributed by atoms with Gasteiger partial charge in [0.2, 0.25) is 0 Å². The fourth-order valence-corrected chi connectivity index (χ4v) is 2.41. The lowest BCUT2D eigenvalue weighted by molar-refractivity contribution is 0.0694. The number of halogens is 1. The molecule has 0 atom stereocenters. The van der Waals surface area contributed by atoms with Gasteiger partial charge in [0.25, 0.3) is 0 Å². The highest BCUT2D eigenvalue weighted by molar-refractivity contribution is 6.29. The van der Waals surface area contributed by atoms with E-state index >= 15 is 0 Å². The summed E-state index contributed by atoms with van der Waals surface area (Å²) in [5.41, 5.74) is 2.46. The van der Waals surface area contributed by atoms with Gasteiger partial charge in [-0.1, -0.05) is 30.3 Å². The quantitative estimate of drug-likeness (QED) is 0.897. The molecule has 0 aliphatic carbocycles. The lowest BCUT2D eigenvalue weighted by atomic mass is 9.94. The molecule has 0 bridgehead atoms. The van der Waals surface area contributed by atoms with Crippen LogP contribution < -0.4 is 0 Å². The number of carboxylic acid groups (broad SMARTS) is 1. The normalized spacial score (nSPS) is 15.4. The molecule has 0 amide bonds. The van der Waals surface area contributed by atoms with Gasteiger partial charge in [-0.15, -0.1) is 0 Å². The Morgan fingerprint density at radius 2 is 2.29 bits per heavy atom. The molecule has 1 aliphatic rings. The van der Waals surface area contributed by atoms with E-state index in [4.69, 9.17) is 16.7 Å². The number of nitrogens with zero attached hydrogens (tertiary/aromatic N) is 1. The van der Waals surface area contributed by atoms with Gasteiger partial charge in [0.15, 0.2) is 0 Å². The fourth-order valence-electron chi connectivity index (χ4n) is 2.25. The van der Waals surface area contributed by atoms with Crippen LogP contribution in [-0.4, -0.2) is 29.1 Å². The van der Waals surface area contributed by atoms with Crippen LogP contribution in [0.5, 0.6) is 0 Å². The maximum Gasteiger partial charge on any atom is 0.335 e. The van der Waals surface area contributed by atoms with Gasteiger partial charge in [-0.2, -0.15) is 0 Å². The van der Waals surface area contributed by atoms with Crippen LogP contribution in [0.4, 0.5) is 0 Å². The van der Waals surface area contributed by atoms with Crippen LogP contribution in [0.15, 0.2) is 29.8 Å². The SMILES string of the molecule is C=C(Cl)CN1CCc2c(cccc2C(=O)O)C1. The van der Waals surface area contributed by atoms with Crippen LogP contribution in [0.1, 0.15) is 21.5 Å². The minimum atomic E-state index is -0.850. The summed E-state index contributed by atoms with van der Waals surface area (Å²) < 4.78 is 0. The van der Waals surface area contributed by atoms with E-state index in [1.54, 1.807) is 12.1 Å². The zero-order valence-corrected chi connectivity index (χ0v) is 10.2. The summed E-state index contributed by atoms with van der Waals surface area (Å²) in [5.74, 6) is -0.850. The van der Waals surface area contributed by atoms with Crippen molar-refractivity contribution in [2.75, 3.05) is 13.1 Å². The molecule has 0 aromatic heterocycles. The Bertz CT molecular complexity index is 470. The Morgan fingerprint density at radius 3 is 2.94 bits per heavy atom. The molecule has 0 spiro atoms. The molecule has 2 rings (SSSR count). The number of carboxylic acids is 1. The summed E-state index contributed by atoms with van der Waals surface area (Å²) >= 11 is 5.79. The Kier molecular flexibility index (Phi) is 3.50. The summed E-state index contributed by atoms with van der Waals surface area (Å²) in [6.45, 7) is 5.89. The molecule has 0 unspecified atom stereocenters. The highest BCUT2D eigenvalue weighted by atomic mass is 35.5. The summed E-state index contributed by atoms with van der Waals surface area (Å²) in [7, 11) is 0.